The van der Waals surface area contributed by atoms with Crippen molar-refractivity contribution in [2.24, 2.45) is 0 Å². The van der Waals surface area contributed by atoms with Gasteiger partial charge in [-0.15, -0.1) is 11.3 Å². The van der Waals surface area contributed by atoms with Crippen molar-refractivity contribution in [1.82, 2.24) is 14.5 Å². The fraction of sp³-hybridized carbons (Fsp3) is 0.130. The van der Waals surface area contributed by atoms with Crippen LogP contribution in [-0.4, -0.2) is 26.5 Å². The average Bonchev–Trinajstić information content (AvgIpc) is 3.37. The van der Waals surface area contributed by atoms with Gasteiger partial charge in [0.2, 0.25) is 0 Å². The van der Waals surface area contributed by atoms with Gasteiger partial charge in [-0.25, -0.2) is 4.98 Å². The van der Waals surface area contributed by atoms with E-state index in [0.717, 1.165) is 33.1 Å². The molecule has 7 heteroatoms. The Hall–Kier alpha value is -3.67. The van der Waals surface area contributed by atoms with Crippen molar-refractivity contribution in [3.8, 4) is 10.6 Å². The molecule has 0 spiro atoms. The number of aromatic nitrogens is 3. The van der Waals surface area contributed by atoms with E-state index < -0.39 is 0 Å². The minimum atomic E-state index is 0.122. The van der Waals surface area contributed by atoms with Gasteiger partial charge in [-0.3, -0.25) is 9.78 Å². The molecule has 0 unspecified atom stereocenters. The standard InChI is InChI=1S/C22H19N3OS.CO2/c1-16-10-20(21(26)11-17-6-3-2-4-7-17)25(13-16)14-19-15-27-22(24-19)18-8-5-9-23-12-18;2-1-3/h2-10,12-13,15H,11,14H2,1H3;. The molecule has 0 radical (unpaired) electrons. The van der Waals surface area contributed by atoms with E-state index >= 15 is 0 Å². The van der Waals surface area contributed by atoms with Gasteiger partial charge < -0.3 is 4.57 Å². The Labute approximate surface area is 177 Å². The Morgan fingerprint density at radius 3 is 2.60 bits per heavy atom. The van der Waals surface area contributed by atoms with Crippen LogP contribution in [0.3, 0.4) is 0 Å². The second-order valence-corrected chi connectivity index (χ2v) is 7.44. The van der Waals surface area contributed by atoms with Crippen LogP contribution in [-0.2, 0) is 22.6 Å². The van der Waals surface area contributed by atoms with Gasteiger partial charge in [0.15, 0.2) is 5.78 Å². The zero-order chi connectivity index (χ0) is 21.3. The van der Waals surface area contributed by atoms with Gasteiger partial charge in [0.1, 0.15) is 5.01 Å². The maximum atomic E-state index is 12.8. The first-order valence-electron chi connectivity index (χ1n) is 9.18. The predicted molar refractivity (Wildman–Crippen MR) is 113 cm³/mol. The Kier molecular flexibility index (Phi) is 7.16. The minimum Gasteiger partial charge on any atom is -0.339 e. The molecule has 4 rings (SSSR count). The number of Topliss-reactive ketones (excluding diaryl/α,β-unsaturated/α-hetero) is 1. The number of ketones is 1. The maximum absolute atomic E-state index is 12.8. The van der Waals surface area contributed by atoms with E-state index in [1.165, 1.54) is 0 Å². The topological polar surface area (TPSA) is 81.9 Å². The predicted octanol–water partition coefficient (Wildman–Crippen LogP) is 4.21. The first-order chi connectivity index (χ1) is 14.6. The summed E-state index contributed by atoms with van der Waals surface area (Å²) in [5.41, 5.74) is 4.79. The largest absolute Gasteiger partial charge is 0.373 e. The SMILES string of the molecule is Cc1cc(C(=O)Cc2ccccc2)n(Cc2csc(-c3cccnc3)n2)c1.O=C=O. The zero-order valence-corrected chi connectivity index (χ0v) is 17.1. The number of benzene rings is 1. The summed E-state index contributed by atoms with van der Waals surface area (Å²) in [5, 5.41) is 2.99. The summed E-state index contributed by atoms with van der Waals surface area (Å²) in [5.74, 6) is 0.122. The Bertz CT molecular complexity index is 1140. The first kappa shape index (κ1) is 21.0. The molecule has 0 aliphatic rings. The van der Waals surface area contributed by atoms with Crippen molar-refractivity contribution >= 4 is 23.3 Å². The van der Waals surface area contributed by atoms with Crippen LogP contribution in [0.5, 0.6) is 0 Å². The van der Waals surface area contributed by atoms with Crippen molar-refractivity contribution in [2.45, 2.75) is 19.9 Å². The third-order valence-electron chi connectivity index (χ3n) is 4.32. The van der Waals surface area contributed by atoms with Crippen LogP contribution in [0.15, 0.2) is 72.5 Å². The molecule has 0 fully saturated rings. The van der Waals surface area contributed by atoms with E-state index in [0.29, 0.717) is 13.0 Å². The lowest BCUT2D eigenvalue weighted by Gasteiger charge is -2.07. The number of hydrogen-bond donors (Lipinski definition) is 0. The highest BCUT2D eigenvalue weighted by molar-refractivity contribution is 7.13. The molecule has 0 amide bonds. The van der Waals surface area contributed by atoms with Crippen molar-refractivity contribution in [1.29, 1.82) is 0 Å². The van der Waals surface area contributed by atoms with E-state index in [-0.39, 0.29) is 11.9 Å². The molecule has 3 aromatic heterocycles. The third kappa shape index (κ3) is 5.44. The monoisotopic (exact) mass is 417 g/mol. The second-order valence-electron chi connectivity index (χ2n) is 6.59. The zero-order valence-electron chi connectivity index (χ0n) is 16.3. The molecular weight excluding hydrogens is 398 g/mol. The molecule has 0 aliphatic carbocycles. The molecular formula is C23H19N3O3S. The first-order valence-corrected chi connectivity index (χ1v) is 10.1. The lowest BCUT2D eigenvalue weighted by atomic mass is 10.1. The number of carbonyl (C=O) groups is 1. The van der Waals surface area contributed by atoms with Gasteiger partial charge in [-0.1, -0.05) is 30.3 Å². The fourth-order valence-corrected chi connectivity index (χ4v) is 3.87. The number of aryl methyl sites for hydroxylation is 1. The summed E-state index contributed by atoms with van der Waals surface area (Å²) in [4.78, 5) is 37.9. The van der Waals surface area contributed by atoms with Crippen LogP contribution in [0.2, 0.25) is 0 Å². The quantitative estimate of drug-likeness (QED) is 0.439. The number of thiazole rings is 1. The summed E-state index contributed by atoms with van der Waals surface area (Å²) in [6.45, 7) is 2.60. The highest BCUT2D eigenvalue weighted by Crippen LogP contribution is 2.23. The van der Waals surface area contributed by atoms with Crippen molar-refractivity contribution < 1.29 is 14.4 Å². The van der Waals surface area contributed by atoms with Gasteiger partial charge in [-0.2, -0.15) is 9.59 Å². The van der Waals surface area contributed by atoms with Crippen molar-refractivity contribution in [3.05, 3.63) is 95.0 Å². The number of rotatable bonds is 6. The highest BCUT2D eigenvalue weighted by Gasteiger charge is 2.15. The van der Waals surface area contributed by atoms with Crippen LogP contribution in [0.25, 0.3) is 10.6 Å². The summed E-state index contributed by atoms with van der Waals surface area (Å²) >= 11 is 1.60. The minimum absolute atomic E-state index is 0.122. The molecule has 150 valence electrons. The molecule has 3 heterocycles. The van der Waals surface area contributed by atoms with Gasteiger partial charge in [0.05, 0.1) is 17.9 Å². The molecule has 0 bridgehead atoms. The Balaban J connectivity index is 0.000000806. The second kappa shape index (κ2) is 10.2. The molecule has 0 aliphatic heterocycles. The summed E-state index contributed by atoms with van der Waals surface area (Å²) in [6.07, 6.45) is 6.24. The molecule has 1 aromatic carbocycles. The van der Waals surface area contributed by atoms with Gasteiger partial charge in [-0.05, 0) is 36.2 Å². The Morgan fingerprint density at radius 1 is 1.13 bits per heavy atom. The van der Waals surface area contributed by atoms with Crippen LogP contribution >= 0.6 is 11.3 Å². The average molecular weight is 417 g/mol. The van der Waals surface area contributed by atoms with E-state index in [1.54, 1.807) is 17.5 Å². The highest BCUT2D eigenvalue weighted by atomic mass is 32.1. The van der Waals surface area contributed by atoms with Crippen LogP contribution < -0.4 is 0 Å². The summed E-state index contributed by atoms with van der Waals surface area (Å²) < 4.78 is 2.00. The normalized spacial score (nSPS) is 10.0. The summed E-state index contributed by atoms with van der Waals surface area (Å²) in [6, 6.07) is 15.7. The molecule has 0 atom stereocenters. The summed E-state index contributed by atoms with van der Waals surface area (Å²) in [7, 11) is 0. The fourth-order valence-electron chi connectivity index (χ4n) is 3.07. The van der Waals surface area contributed by atoms with E-state index in [9.17, 15) is 4.79 Å². The van der Waals surface area contributed by atoms with Gasteiger partial charge >= 0.3 is 6.15 Å². The third-order valence-corrected chi connectivity index (χ3v) is 5.26. The van der Waals surface area contributed by atoms with Crippen LogP contribution in [0.4, 0.5) is 0 Å². The van der Waals surface area contributed by atoms with Crippen LogP contribution in [0, 0.1) is 6.92 Å². The van der Waals surface area contributed by atoms with Gasteiger partial charge in [0.25, 0.3) is 0 Å². The smallest absolute Gasteiger partial charge is 0.339 e. The lowest BCUT2D eigenvalue weighted by Crippen LogP contribution is -2.11. The lowest BCUT2D eigenvalue weighted by molar-refractivity contribution is -0.191. The van der Waals surface area contributed by atoms with Gasteiger partial charge in [0, 0.05) is 36.0 Å². The molecule has 0 saturated carbocycles. The van der Waals surface area contributed by atoms with Crippen molar-refractivity contribution in [2.75, 3.05) is 0 Å². The van der Waals surface area contributed by atoms with Crippen LogP contribution in [0.1, 0.15) is 27.3 Å². The number of pyridine rings is 1. The number of carbonyl (C=O) groups excluding carboxylic acids is 3. The molecule has 0 saturated heterocycles. The van der Waals surface area contributed by atoms with Crippen molar-refractivity contribution in [3.63, 3.8) is 0 Å². The molecule has 6 nitrogen and oxygen atoms in total. The van der Waals surface area contributed by atoms with E-state index in [1.807, 2.05) is 77.8 Å². The number of nitrogens with zero attached hydrogens (tertiary/aromatic N) is 3. The number of hydrogen-bond acceptors (Lipinski definition) is 6. The molecule has 30 heavy (non-hydrogen) atoms. The maximum Gasteiger partial charge on any atom is 0.373 e. The Morgan fingerprint density at radius 2 is 1.90 bits per heavy atom. The van der Waals surface area contributed by atoms with E-state index in [4.69, 9.17) is 14.6 Å². The molecule has 0 N–H and O–H groups in total. The van der Waals surface area contributed by atoms with E-state index in [2.05, 4.69) is 4.98 Å². The molecule has 4 aromatic rings.